The lowest BCUT2D eigenvalue weighted by Crippen LogP contribution is -2.51. The average molecular weight is 489 g/mol. The number of hydrogen-bond donors (Lipinski definition) is 1. The topological polar surface area (TPSA) is 89.0 Å². The minimum absolute atomic E-state index is 0.197. The minimum Gasteiger partial charge on any atom is -0.465 e. The van der Waals surface area contributed by atoms with Gasteiger partial charge in [0.25, 0.3) is 0 Å². The average Bonchev–Trinajstić information content (AvgIpc) is 2.88. The molecule has 0 aliphatic carbocycles. The number of aliphatic hydroxyl groups is 1. The van der Waals surface area contributed by atoms with Crippen molar-refractivity contribution >= 4 is 12.1 Å². The Bertz CT molecular complexity index is 1200. The fraction of sp³-hybridized carbons (Fsp3) is 0.345. The summed E-state index contributed by atoms with van der Waals surface area (Å²) in [6, 6.07) is 20.8. The van der Waals surface area contributed by atoms with Gasteiger partial charge in [-0.3, -0.25) is 4.98 Å². The van der Waals surface area contributed by atoms with Crippen molar-refractivity contribution in [2.75, 3.05) is 13.7 Å². The number of ether oxygens (including phenoxy) is 2. The zero-order valence-electron chi connectivity index (χ0n) is 21.1. The van der Waals surface area contributed by atoms with Gasteiger partial charge >= 0.3 is 12.1 Å². The first kappa shape index (κ1) is 25.4. The molecule has 3 aromatic rings. The van der Waals surface area contributed by atoms with Gasteiger partial charge in [0.2, 0.25) is 0 Å². The molecule has 1 fully saturated rings. The highest BCUT2D eigenvalue weighted by atomic mass is 16.6. The lowest BCUT2D eigenvalue weighted by atomic mass is 9.80. The van der Waals surface area contributed by atoms with E-state index in [-0.39, 0.29) is 6.04 Å². The molecular weight excluding hydrogens is 456 g/mol. The van der Waals surface area contributed by atoms with E-state index in [0.29, 0.717) is 24.9 Å². The monoisotopic (exact) mass is 488 g/mol. The predicted molar refractivity (Wildman–Crippen MR) is 136 cm³/mol. The molecule has 1 aliphatic heterocycles. The first-order valence-corrected chi connectivity index (χ1v) is 12.0. The number of esters is 1. The summed E-state index contributed by atoms with van der Waals surface area (Å²) in [6.45, 7) is 5.95. The molecule has 1 aromatic heterocycles. The molecule has 36 heavy (non-hydrogen) atoms. The molecule has 0 unspecified atom stereocenters. The van der Waals surface area contributed by atoms with Crippen molar-refractivity contribution in [1.82, 2.24) is 9.88 Å². The second-order valence-electron chi connectivity index (χ2n) is 9.88. The van der Waals surface area contributed by atoms with Crippen LogP contribution in [0.1, 0.15) is 61.1 Å². The summed E-state index contributed by atoms with van der Waals surface area (Å²) in [6.07, 6.45) is 1.99. The molecule has 1 amide bonds. The third-order valence-corrected chi connectivity index (χ3v) is 6.63. The predicted octanol–water partition coefficient (Wildman–Crippen LogP) is 5.50. The number of hydrogen-bond acceptors (Lipinski definition) is 6. The maximum absolute atomic E-state index is 13.3. The molecule has 7 nitrogen and oxygen atoms in total. The highest BCUT2D eigenvalue weighted by Gasteiger charge is 2.46. The van der Waals surface area contributed by atoms with Crippen LogP contribution in [0.4, 0.5) is 4.79 Å². The summed E-state index contributed by atoms with van der Waals surface area (Å²) in [5, 5.41) is 10.6. The molecule has 2 aromatic carbocycles. The van der Waals surface area contributed by atoms with Crippen LogP contribution in [0.15, 0.2) is 72.9 Å². The van der Waals surface area contributed by atoms with E-state index in [1.54, 1.807) is 30.9 Å². The van der Waals surface area contributed by atoms with E-state index < -0.39 is 23.3 Å². The smallest absolute Gasteiger partial charge is 0.411 e. The van der Waals surface area contributed by atoms with Gasteiger partial charge in [-0.1, -0.05) is 54.6 Å². The molecule has 1 aliphatic rings. The van der Waals surface area contributed by atoms with E-state index in [1.165, 1.54) is 13.3 Å². The second-order valence-corrected chi connectivity index (χ2v) is 9.88. The van der Waals surface area contributed by atoms with Crippen LogP contribution in [-0.2, 0) is 15.1 Å². The standard InChI is InChI=1S/C29H32N2O5/c1-20(21-10-12-22(13-11-21)25-15-14-23(18-30-25)26(32)35-4)31-17-16-29(36-27(31)33,19-28(2,3)34)24-8-6-5-7-9-24/h5-15,18,20,34H,16-17,19H2,1-4H3/t20-,29-/m0/s1. The molecule has 7 heteroatoms. The normalized spacial score (nSPS) is 18.9. The molecule has 4 rings (SSSR count). The number of pyridine rings is 1. The van der Waals surface area contributed by atoms with Crippen LogP contribution >= 0.6 is 0 Å². The number of rotatable bonds is 7. The molecule has 0 radical (unpaired) electrons. The van der Waals surface area contributed by atoms with Gasteiger partial charge in [0, 0.05) is 31.1 Å². The highest BCUT2D eigenvalue weighted by Crippen LogP contribution is 2.42. The Labute approximate surface area is 211 Å². The molecule has 188 valence electrons. The molecule has 2 atom stereocenters. The van der Waals surface area contributed by atoms with Gasteiger partial charge in [-0.25, -0.2) is 9.59 Å². The maximum Gasteiger partial charge on any atom is 0.411 e. The van der Waals surface area contributed by atoms with Gasteiger partial charge in [0.15, 0.2) is 0 Å². The Hall–Kier alpha value is -3.71. The summed E-state index contributed by atoms with van der Waals surface area (Å²) >= 11 is 0. The van der Waals surface area contributed by atoms with Crippen molar-refractivity contribution in [2.45, 2.75) is 50.9 Å². The number of nitrogens with zero attached hydrogens (tertiary/aromatic N) is 2. The summed E-state index contributed by atoms with van der Waals surface area (Å²) in [4.78, 5) is 31.0. The molecular formula is C29H32N2O5. The van der Waals surface area contributed by atoms with Gasteiger partial charge in [-0.15, -0.1) is 0 Å². The summed E-state index contributed by atoms with van der Waals surface area (Å²) in [5.74, 6) is -0.425. The zero-order valence-corrected chi connectivity index (χ0v) is 21.1. The molecule has 1 saturated heterocycles. The van der Waals surface area contributed by atoms with E-state index in [9.17, 15) is 14.7 Å². The first-order chi connectivity index (χ1) is 17.1. The maximum atomic E-state index is 13.3. The van der Waals surface area contributed by atoms with Crippen LogP contribution in [-0.4, -0.2) is 46.3 Å². The largest absolute Gasteiger partial charge is 0.465 e. The van der Waals surface area contributed by atoms with Gasteiger partial charge in [-0.05, 0) is 44.0 Å². The van der Waals surface area contributed by atoms with Crippen LogP contribution in [0, 0.1) is 0 Å². The molecule has 0 saturated carbocycles. The van der Waals surface area contributed by atoms with E-state index in [1.807, 2.05) is 61.5 Å². The van der Waals surface area contributed by atoms with E-state index in [0.717, 1.165) is 22.4 Å². The number of amides is 1. The summed E-state index contributed by atoms with van der Waals surface area (Å²) < 4.78 is 10.8. The van der Waals surface area contributed by atoms with E-state index in [2.05, 4.69) is 4.98 Å². The van der Waals surface area contributed by atoms with Crippen LogP contribution in [0.3, 0.4) is 0 Å². The highest BCUT2D eigenvalue weighted by molar-refractivity contribution is 5.89. The first-order valence-electron chi connectivity index (χ1n) is 12.0. The van der Waals surface area contributed by atoms with Crippen LogP contribution < -0.4 is 0 Å². The lowest BCUT2D eigenvalue weighted by molar-refractivity contribution is -0.101. The van der Waals surface area contributed by atoms with Gasteiger partial charge in [-0.2, -0.15) is 0 Å². The van der Waals surface area contributed by atoms with Crippen molar-refractivity contribution < 1.29 is 24.2 Å². The quantitative estimate of drug-likeness (QED) is 0.442. The summed E-state index contributed by atoms with van der Waals surface area (Å²) in [7, 11) is 1.34. The Kier molecular flexibility index (Phi) is 7.13. The van der Waals surface area contributed by atoms with E-state index >= 15 is 0 Å². The Balaban J connectivity index is 1.50. The van der Waals surface area contributed by atoms with Crippen molar-refractivity contribution in [3.8, 4) is 11.3 Å². The molecule has 0 bridgehead atoms. The number of aromatic nitrogens is 1. The second kappa shape index (κ2) is 10.1. The van der Waals surface area contributed by atoms with Crippen LogP contribution in [0.2, 0.25) is 0 Å². The third kappa shape index (κ3) is 5.41. The number of benzene rings is 2. The van der Waals surface area contributed by atoms with Crippen molar-refractivity contribution in [3.63, 3.8) is 0 Å². The van der Waals surface area contributed by atoms with Crippen molar-refractivity contribution in [3.05, 3.63) is 89.6 Å². The number of methoxy groups -OCH3 is 1. The Morgan fingerprint density at radius 2 is 1.83 bits per heavy atom. The minimum atomic E-state index is -0.997. The number of carbonyl (C=O) groups is 2. The van der Waals surface area contributed by atoms with Crippen LogP contribution in [0.25, 0.3) is 11.3 Å². The van der Waals surface area contributed by atoms with Crippen molar-refractivity contribution in [2.24, 2.45) is 0 Å². The Morgan fingerprint density at radius 3 is 2.39 bits per heavy atom. The number of cyclic esters (lactones) is 1. The molecule has 0 spiro atoms. The lowest BCUT2D eigenvalue weighted by Gasteiger charge is -2.45. The fourth-order valence-corrected chi connectivity index (χ4v) is 4.81. The fourth-order valence-electron chi connectivity index (χ4n) is 4.81. The van der Waals surface area contributed by atoms with Gasteiger partial charge < -0.3 is 19.5 Å². The summed E-state index contributed by atoms with van der Waals surface area (Å²) in [5.41, 5.74) is 2.02. The molecule has 1 N–H and O–H groups in total. The van der Waals surface area contributed by atoms with Gasteiger partial charge in [0.05, 0.1) is 30.0 Å². The van der Waals surface area contributed by atoms with E-state index in [4.69, 9.17) is 9.47 Å². The Morgan fingerprint density at radius 1 is 1.14 bits per heavy atom. The van der Waals surface area contributed by atoms with Gasteiger partial charge in [0.1, 0.15) is 5.60 Å². The zero-order chi connectivity index (χ0) is 25.9. The third-order valence-electron chi connectivity index (χ3n) is 6.63. The van der Waals surface area contributed by atoms with Crippen LogP contribution in [0.5, 0.6) is 0 Å². The molecule has 2 heterocycles. The number of carbonyl (C=O) groups excluding carboxylic acids is 2. The van der Waals surface area contributed by atoms with Crippen molar-refractivity contribution in [1.29, 1.82) is 0 Å². The SMILES string of the molecule is COC(=O)c1ccc(-c2ccc([C@H](C)N3CC[C@](CC(C)(C)O)(c4ccccc4)OC3=O)cc2)nc1.